The number of nitrogens with zero attached hydrogens (tertiary/aromatic N) is 3. The van der Waals surface area contributed by atoms with E-state index in [1.165, 1.54) is 0 Å². The van der Waals surface area contributed by atoms with E-state index in [9.17, 15) is 4.79 Å². The summed E-state index contributed by atoms with van der Waals surface area (Å²) in [5, 5.41) is 12.4. The van der Waals surface area contributed by atoms with Gasteiger partial charge in [-0.15, -0.1) is 0 Å². The molecule has 7 nitrogen and oxygen atoms in total. The Morgan fingerprint density at radius 1 is 1.05 bits per heavy atom. The summed E-state index contributed by atoms with van der Waals surface area (Å²) in [6, 6.07) is 25.2. The summed E-state index contributed by atoms with van der Waals surface area (Å²) in [5.74, 6) is 0.637. The van der Waals surface area contributed by atoms with E-state index >= 15 is 0 Å². The number of methoxy groups -OCH3 is 1. The van der Waals surface area contributed by atoms with E-state index in [0.717, 1.165) is 33.6 Å². The SMILES string of the molecule is COc1ccc(-c2nn(-c3ccccc3)cc2C2CC2C(=O)Nc2cc(-c3ccc(C)cc3)no2)cc1Cl. The summed E-state index contributed by atoms with van der Waals surface area (Å²) in [6.07, 6.45) is 2.72. The predicted octanol–water partition coefficient (Wildman–Crippen LogP) is 6.91. The van der Waals surface area contributed by atoms with Gasteiger partial charge in [-0.05, 0) is 43.7 Å². The van der Waals surface area contributed by atoms with Crippen LogP contribution in [0.2, 0.25) is 5.02 Å². The number of ether oxygens (including phenoxy) is 1. The summed E-state index contributed by atoms with van der Waals surface area (Å²) in [5.41, 5.74) is 6.36. The van der Waals surface area contributed by atoms with Crippen LogP contribution in [-0.2, 0) is 4.79 Å². The Kier molecular flexibility index (Phi) is 6.21. The Bertz CT molecular complexity index is 1610. The minimum Gasteiger partial charge on any atom is -0.495 e. The van der Waals surface area contributed by atoms with Crippen molar-refractivity contribution in [2.24, 2.45) is 5.92 Å². The van der Waals surface area contributed by atoms with Gasteiger partial charge in [-0.1, -0.05) is 64.8 Å². The lowest BCUT2D eigenvalue weighted by atomic mass is 10.0. The normalized spacial score (nSPS) is 16.3. The molecular formula is C30H25ClN4O3. The molecule has 3 aromatic carbocycles. The highest BCUT2D eigenvalue weighted by Gasteiger charge is 2.46. The first kappa shape index (κ1) is 24.0. The van der Waals surface area contributed by atoms with Gasteiger partial charge >= 0.3 is 0 Å². The zero-order chi connectivity index (χ0) is 26.2. The number of carbonyl (C=O) groups is 1. The van der Waals surface area contributed by atoms with E-state index in [1.807, 2.05) is 90.6 Å². The standard InChI is InChI=1S/C30H25ClN4O3/c1-18-8-10-19(11-9-18)26-16-28(38-34-26)32-30(36)23-15-22(23)24-17-35(21-6-4-3-5-7-21)33-29(24)20-12-13-27(37-2)25(31)14-20/h3-14,16-17,22-23H,15H2,1-2H3,(H,32,36). The fourth-order valence-corrected chi connectivity index (χ4v) is 4.90. The highest BCUT2D eigenvalue weighted by molar-refractivity contribution is 6.32. The van der Waals surface area contributed by atoms with Gasteiger partial charge in [0.05, 0.1) is 23.5 Å². The Morgan fingerprint density at radius 3 is 2.55 bits per heavy atom. The number of nitrogens with one attached hydrogen (secondary N) is 1. The zero-order valence-electron chi connectivity index (χ0n) is 20.9. The molecule has 1 fully saturated rings. The number of carbonyl (C=O) groups excluding carboxylic acids is 1. The van der Waals surface area contributed by atoms with Crippen LogP contribution in [0.4, 0.5) is 5.88 Å². The van der Waals surface area contributed by atoms with Crippen LogP contribution in [0.5, 0.6) is 5.75 Å². The Labute approximate surface area is 225 Å². The van der Waals surface area contributed by atoms with Gasteiger partial charge in [-0.3, -0.25) is 10.1 Å². The van der Waals surface area contributed by atoms with Gasteiger partial charge in [0.2, 0.25) is 11.8 Å². The third-order valence-electron chi connectivity index (χ3n) is 6.82. The molecule has 0 saturated heterocycles. The van der Waals surface area contributed by atoms with E-state index in [2.05, 4.69) is 10.5 Å². The second-order valence-electron chi connectivity index (χ2n) is 9.44. The number of benzene rings is 3. The maximum absolute atomic E-state index is 13.1. The number of hydrogen-bond acceptors (Lipinski definition) is 5. The topological polar surface area (TPSA) is 82.2 Å². The van der Waals surface area contributed by atoms with Crippen molar-refractivity contribution in [2.75, 3.05) is 12.4 Å². The van der Waals surface area contributed by atoms with Crippen molar-refractivity contribution in [1.29, 1.82) is 0 Å². The number of anilines is 1. The number of hydrogen-bond donors (Lipinski definition) is 1. The molecule has 0 spiro atoms. The maximum Gasteiger partial charge on any atom is 0.231 e. The molecule has 2 heterocycles. The molecule has 0 bridgehead atoms. The third-order valence-corrected chi connectivity index (χ3v) is 7.11. The van der Waals surface area contributed by atoms with Gasteiger partial charge in [0.1, 0.15) is 11.4 Å². The average molecular weight is 525 g/mol. The smallest absolute Gasteiger partial charge is 0.231 e. The van der Waals surface area contributed by atoms with E-state index in [0.29, 0.717) is 28.8 Å². The largest absolute Gasteiger partial charge is 0.495 e. The van der Waals surface area contributed by atoms with Crippen LogP contribution in [0.15, 0.2) is 89.6 Å². The number of aryl methyl sites for hydroxylation is 1. The molecule has 2 aromatic heterocycles. The van der Waals surface area contributed by atoms with Crippen LogP contribution in [-0.4, -0.2) is 28.0 Å². The number of aromatic nitrogens is 3. The Hall–Kier alpha value is -4.36. The molecule has 1 saturated carbocycles. The first-order valence-corrected chi connectivity index (χ1v) is 12.7. The Balaban J connectivity index is 1.25. The van der Waals surface area contributed by atoms with Gasteiger partial charge in [0.25, 0.3) is 0 Å². The molecule has 38 heavy (non-hydrogen) atoms. The fourth-order valence-electron chi connectivity index (χ4n) is 4.65. The second-order valence-corrected chi connectivity index (χ2v) is 9.85. The monoisotopic (exact) mass is 524 g/mol. The molecule has 1 aliphatic carbocycles. The highest BCUT2D eigenvalue weighted by Crippen LogP contribution is 2.51. The van der Waals surface area contributed by atoms with Crippen molar-refractivity contribution < 1.29 is 14.1 Å². The molecule has 1 amide bonds. The number of para-hydroxylation sites is 1. The van der Waals surface area contributed by atoms with Crippen LogP contribution in [0.3, 0.4) is 0 Å². The van der Waals surface area contributed by atoms with E-state index in [1.54, 1.807) is 13.2 Å². The predicted molar refractivity (Wildman–Crippen MR) is 147 cm³/mol. The summed E-state index contributed by atoms with van der Waals surface area (Å²) >= 11 is 6.43. The molecule has 5 aromatic rings. The quantitative estimate of drug-likeness (QED) is 0.250. The number of halogens is 1. The van der Waals surface area contributed by atoms with Crippen LogP contribution in [0, 0.1) is 12.8 Å². The second kappa shape index (κ2) is 9.84. The van der Waals surface area contributed by atoms with Gasteiger partial charge in [0.15, 0.2) is 0 Å². The van der Waals surface area contributed by atoms with Crippen molar-refractivity contribution in [3.8, 4) is 34.0 Å². The molecular weight excluding hydrogens is 500 g/mol. The molecule has 1 aliphatic rings. The van der Waals surface area contributed by atoms with Gasteiger partial charge in [-0.25, -0.2) is 4.68 Å². The first-order valence-electron chi connectivity index (χ1n) is 12.3. The highest BCUT2D eigenvalue weighted by atomic mass is 35.5. The molecule has 1 N–H and O–H groups in total. The maximum atomic E-state index is 13.1. The van der Waals surface area contributed by atoms with E-state index in [-0.39, 0.29) is 17.7 Å². The van der Waals surface area contributed by atoms with Crippen LogP contribution in [0.1, 0.15) is 23.5 Å². The molecule has 8 heteroatoms. The summed E-state index contributed by atoms with van der Waals surface area (Å²) in [6.45, 7) is 2.03. The van der Waals surface area contributed by atoms with Crippen molar-refractivity contribution in [3.63, 3.8) is 0 Å². The van der Waals surface area contributed by atoms with Crippen LogP contribution < -0.4 is 10.1 Å². The van der Waals surface area contributed by atoms with Crippen molar-refractivity contribution in [3.05, 3.63) is 101 Å². The number of amides is 1. The van der Waals surface area contributed by atoms with Crippen LogP contribution >= 0.6 is 11.6 Å². The Morgan fingerprint density at radius 2 is 1.82 bits per heavy atom. The molecule has 0 radical (unpaired) electrons. The zero-order valence-corrected chi connectivity index (χ0v) is 21.6. The first-order chi connectivity index (χ1) is 18.5. The molecule has 2 unspecified atom stereocenters. The van der Waals surface area contributed by atoms with Gasteiger partial charge < -0.3 is 9.26 Å². The molecule has 6 rings (SSSR count). The molecule has 190 valence electrons. The average Bonchev–Trinajstić information content (AvgIpc) is 3.38. The van der Waals surface area contributed by atoms with Crippen molar-refractivity contribution in [2.45, 2.75) is 19.3 Å². The van der Waals surface area contributed by atoms with E-state index < -0.39 is 0 Å². The summed E-state index contributed by atoms with van der Waals surface area (Å²) in [4.78, 5) is 13.1. The molecule has 2 atom stereocenters. The van der Waals surface area contributed by atoms with E-state index in [4.69, 9.17) is 26.0 Å². The lowest BCUT2D eigenvalue weighted by Gasteiger charge is -2.06. The van der Waals surface area contributed by atoms with Gasteiger partial charge in [-0.2, -0.15) is 5.10 Å². The molecule has 0 aliphatic heterocycles. The van der Waals surface area contributed by atoms with Gasteiger partial charge in [0, 0.05) is 40.8 Å². The summed E-state index contributed by atoms with van der Waals surface area (Å²) in [7, 11) is 1.59. The summed E-state index contributed by atoms with van der Waals surface area (Å²) < 4.78 is 12.6. The lowest BCUT2D eigenvalue weighted by molar-refractivity contribution is -0.117. The minimum atomic E-state index is -0.205. The number of rotatable bonds is 7. The fraction of sp³-hybridized carbons (Fsp3) is 0.167. The van der Waals surface area contributed by atoms with Crippen LogP contribution in [0.25, 0.3) is 28.2 Å². The van der Waals surface area contributed by atoms with Crippen molar-refractivity contribution >= 4 is 23.4 Å². The minimum absolute atomic E-state index is 0.0165. The third kappa shape index (κ3) is 4.68. The van der Waals surface area contributed by atoms with Crippen molar-refractivity contribution in [1.82, 2.24) is 14.9 Å². The lowest BCUT2D eigenvalue weighted by Crippen LogP contribution is -2.14.